The highest BCUT2D eigenvalue weighted by Gasteiger charge is 2.22. The van der Waals surface area contributed by atoms with Gasteiger partial charge < -0.3 is 9.64 Å². The van der Waals surface area contributed by atoms with Crippen molar-refractivity contribution < 1.29 is 9.53 Å². The minimum atomic E-state index is -0.0316. The van der Waals surface area contributed by atoms with Crippen LogP contribution in [0.3, 0.4) is 0 Å². The molecular weight excluding hydrogens is 442 g/mol. The summed E-state index contributed by atoms with van der Waals surface area (Å²) in [5.74, 6) is 0.790. The molecule has 176 valence electrons. The van der Waals surface area contributed by atoms with E-state index in [1.165, 1.54) is 11.3 Å². The number of nitrogens with zero attached hydrogens (tertiary/aromatic N) is 3. The summed E-state index contributed by atoms with van der Waals surface area (Å²) in [5, 5.41) is 0.716. The van der Waals surface area contributed by atoms with Crippen molar-refractivity contribution in [3.05, 3.63) is 78.4 Å². The number of hydrogen-bond donors (Lipinski definition) is 0. The van der Waals surface area contributed by atoms with Crippen LogP contribution in [0.25, 0.3) is 21.3 Å². The van der Waals surface area contributed by atoms with E-state index in [-0.39, 0.29) is 5.91 Å². The van der Waals surface area contributed by atoms with Gasteiger partial charge >= 0.3 is 0 Å². The molecule has 0 atom stereocenters. The molecule has 1 heterocycles. The molecule has 0 bridgehead atoms. The second kappa shape index (κ2) is 11.3. The van der Waals surface area contributed by atoms with Gasteiger partial charge in [0.15, 0.2) is 5.13 Å². The van der Waals surface area contributed by atoms with Gasteiger partial charge in [-0.05, 0) is 61.5 Å². The van der Waals surface area contributed by atoms with Crippen LogP contribution >= 0.6 is 11.3 Å². The maximum Gasteiger partial charge on any atom is 0.260 e. The predicted octanol–water partition coefficient (Wildman–Crippen LogP) is 6.35. The van der Waals surface area contributed by atoms with Crippen molar-refractivity contribution in [3.8, 4) is 16.9 Å². The molecular formula is C28H31N3O2S. The molecule has 0 saturated heterocycles. The van der Waals surface area contributed by atoms with Crippen LogP contribution in [0, 0.1) is 0 Å². The quantitative estimate of drug-likeness (QED) is 0.269. The number of likely N-dealkylation sites (N-methyl/N-ethyl adjacent to an activating group) is 1. The average Bonchev–Trinajstić information content (AvgIpc) is 3.30. The van der Waals surface area contributed by atoms with Gasteiger partial charge in [0, 0.05) is 18.7 Å². The highest BCUT2D eigenvalue weighted by molar-refractivity contribution is 7.22. The van der Waals surface area contributed by atoms with Gasteiger partial charge in [-0.3, -0.25) is 9.69 Å². The van der Waals surface area contributed by atoms with Crippen molar-refractivity contribution in [3.63, 3.8) is 0 Å². The maximum atomic E-state index is 13.7. The van der Waals surface area contributed by atoms with Crippen molar-refractivity contribution in [2.75, 3.05) is 37.7 Å². The van der Waals surface area contributed by atoms with Crippen LogP contribution in [0.15, 0.2) is 72.8 Å². The normalized spacial score (nSPS) is 11.2. The van der Waals surface area contributed by atoms with E-state index in [2.05, 4.69) is 30.9 Å². The largest absolute Gasteiger partial charge is 0.494 e. The Hall–Kier alpha value is -3.22. The fourth-order valence-electron chi connectivity index (χ4n) is 3.92. The lowest BCUT2D eigenvalue weighted by molar-refractivity contribution is 0.0984. The number of fused-ring (bicyclic) bond motifs is 1. The van der Waals surface area contributed by atoms with Gasteiger partial charge in [0.2, 0.25) is 0 Å². The van der Waals surface area contributed by atoms with Gasteiger partial charge in [-0.15, -0.1) is 0 Å². The van der Waals surface area contributed by atoms with Crippen LogP contribution < -0.4 is 9.64 Å². The Labute approximate surface area is 205 Å². The number of thiazole rings is 1. The van der Waals surface area contributed by atoms with E-state index < -0.39 is 0 Å². The summed E-state index contributed by atoms with van der Waals surface area (Å²) in [6.07, 6.45) is 0. The monoisotopic (exact) mass is 473 g/mol. The van der Waals surface area contributed by atoms with E-state index in [1.807, 2.05) is 72.5 Å². The van der Waals surface area contributed by atoms with Crippen LogP contribution in [-0.4, -0.2) is 48.6 Å². The Morgan fingerprint density at radius 2 is 1.59 bits per heavy atom. The number of amides is 1. The molecule has 4 aromatic rings. The lowest BCUT2D eigenvalue weighted by atomic mass is 10.0. The number of hydrogen-bond acceptors (Lipinski definition) is 5. The van der Waals surface area contributed by atoms with Crippen LogP contribution in [0.4, 0.5) is 5.13 Å². The average molecular weight is 474 g/mol. The number of rotatable bonds is 10. The first-order valence-electron chi connectivity index (χ1n) is 11.9. The highest BCUT2D eigenvalue weighted by Crippen LogP contribution is 2.32. The van der Waals surface area contributed by atoms with Gasteiger partial charge in [-0.2, -0.15) is 0 Å². The lowest BCUT2D eigenvalue weighted by Gasteiger charge is -2.24. The van der Waals surface area contributed by atoms with E-state index >= 15 is 0 Å². The zero-order chi connectivity index (χ0) is 23.9. The molecule has 0 unspecified atom stereocenters. The predicted molar refractivity (Wildman–Crippen MR) is 142 cm³/mol. The number of carbonyl (C=O) groups excluding carboxylic acids is 1. The minimum Gasteiger partial charge on any atom is -0.494 e. The van der Waals surface area contributed by atoms with Crippen LogP contribution in [0.1, 0.15) is 31.1 Å². The fourth-order valence-corrected chi connectivity index (χ4v) is 4.94. The molecule has 0 radical (unpaired) electrons. The third kappa shape index (κ3) is 5.46. The van der Waals surface area contributed by atoms with E-state index in [0.29, 0.717) is 23.8 Å². The van der Waals surface area contributed by atoms with Crippen LogP contribution in [0.2, 0.25) is 0 Å². The SMILES string of the molecule is CCOc1ccc2nc(N(CCN(CC)CC)C(=O)c3ccc(-c4ccccc4)cc3)sc2c1. The fraction of sp³-hybridized carbons (Fsp3) is 0.286. The number of ether oxygens (including phenoxy) is 1. The Bertz CT molecular complexity index is 1220. The summed E-state index contributed by atoms with van der Waals surface area (Å²) in [5.41, 5.74) is 3.77. The summed E-state index contributed by atoms with van der Waals surface area (Å²) >= 11 is 1.53. The van der Waals surface area contributed by atoms with E-state index in [0.717, 1.165) is 46.7 Å². The van der Waals surface area contributed by atoms with Crippen molar-refractivity contribution in [2.24, 2.45) is 0 Å². The summed E-state index contributed by atoms with van der Waals surface area (Å²) < 4.78 is 6.66. The maximum absolute atomic E-state index is 13.7. The Morgan fingerprint density at radius 1 is 0.882 bits per heavy atom. The molecule has 0 saturated carbocycles. The zero-order valence-electron chi connectivity index (χ0n) is 20.0. The van der Waals surface area contributed by atoms with Crippen molar-refractivity contribution in [1.29, 1.82) is 0 Å². The molecule has 1 amide bonds. The molecule has 0 aliphatic rings. The molecule has 5 nitrogen and oxygen atoms in total. The number of carbonyl (C=O) groups is 1. The van der Waals surface area contributed by atoms with Crippen molar-refractivity contribution in [2.45, 2.75) is 20.8 Å². The van der Waals surface area contributed by atoms with Gasteiger partial charge in [0.05, 0.1) is 16.8 Å². The lowest BCUT2D eigenvalue weighted by Crippen LogP contribution is -2.38. The van der Waals surface area contributed by atoms with Gasteiger partial charge in [0.1, 0.15) is 5.75 Å². The summed E-state index contributed by atoms with van der Waals surface area (Å²) in [4.78, 5) is 22.6. The van der Waals surface area contributed by atoms with E-state index in [1.54, 1.807) is 0 Å². The minimum absolute atomic E-state index is 0.0316. The molecule has 0 fully saturated rings. The Balaban J connectivity index is 1.64. The molecule has 0 aliphatic carbocycles. The van der Waals surface area contributed by atoms with Crippen molar-refractivity contribution >= 4 is 32.6 Å². The third-order valence-corrected chi connectivity index (χ3v) is 6.95. The summed E-state index contributed by atoms with van der Waals surface area (Å²) in [7, 11) is 0. The van der Waals surface area contributed by atoms with E-state index in [9.17, 15) is 4.79 Å². The Morgan fingerprint density at radius 3 is 2.26 bits per heavy atom. The highest BCUT2D eigenvalue weighted by atomic mass is 32.1. The smallest absolute Gasteiger partial charge is 0.260 e. The van der Waals surface area contributed by atoms with Gasteiger partial charge in [-0.25, -0.2) is 4.98 Å². The first kappa shape index (κ1) is 23.9. The zero-order valence-corrected chi connectivity index (χ0v) is 20.8. The molecule has 3 aromatic carbocycles. The van der Waals surface area contributed by atoms with Crippen LogP contribution in [0.5, 0.6) is 5.75 Å². The van der Waals surface area contributed by atoms with Crippen LogP contribution in [-0.2, 0) is 0 Å². The number of benzene rings is 3. The summed E-state index contributed by atoms with van der Waals surface area (Å²) in [6, 6.07) is 23.9. The Kier molecular flexibility index (Phi) is 7.93. The molecule has 4 rings (SSSR count). The molecule has 0 spiro atoms. The first-order valence-corrected chi connectivity index (χ1v) is 12.7. The second-order valence-electron chi connectivity index (χ2n) is 7.99. The molecule has 1 aromatic heterocycles. The molecule has 0 aliphatic heterocycles. The second-order valence-corrected chi connectivity index (χ2v) is 9.00. The number of anilines is 1. The molecule has 34 heavy (non-hydrogen) atoms. The third-order valence-electron chi connectivity index (χ3n) is 5.91. The van der Waals surface area contributed by atoms with Gasteiger partial charge in [0.25, 0.3) is 5.91 Å². The molecule has 6 heteroatoms. The standard InChI is InChI=1S/C28H31N3O2S/c1-4-30(5-2)18-19-31(28-29-25-17-16-24(33-6-3)20-26(25)34-28)27(32)23-14-12-22(13-15-23)21-10-8-7-9-11-21/h7-17,20H,4-6,18-19H2,1-3H3. The number of aromatic nitrogens is 1. The van der Waals surface area contributed by atoms with Crippen molar-refractivity contribution in [1.82, 2.24) is 9.88 Å². The topological polar surface area (TPSA) is 45.7 Å². The molecule has 0 N–H and O–H groups in total. The first-order chi connectivity index (χ1) is 16.6. The van der Waals surface area contributed by atoms with E-state index in [4.69, 9.17) is 9.72 Å². The summed E-state index contributed by atoms with van der Waals surface area (Å²) in [6.45, 7) is 10.1. The van der Waals surface area contributed by atoms with Gasteiger partial charge in [-0.1, -0.05) is 67.6 Å².